The highest BCUT2D eigenvalue weighted by Crippen LogP contribution is 2.29. The van der Waals surface area contributed by atoms with Crippen LogP contribution in [0.4, 0.5) is 10.8 Å². The van der Waals surface area contributed by atoms with Gasteiger partial charge in [0.25, 0.3) is 5.91 Å². The third-order valence-electron chi connectivity index (χ3n) is 4.07. The molecule has 3 rings (SSSR count). The number of nitrogens with one attached hydrogen (secondary N) is 1. The van der Waals surface area contributed by atoms with Crippen LogP contribution in [0.25, 0.3) is 0 Å². The van der Waals surface area contributed by atoms with E-state index >= 15 is 0 Å². The van der Waals surface area contributed by atoms with Gasteiger partial charge >= 0.3 is 0 Å². The first-order valence-electron chi connectivity index (χ1n) is 8.52. The molecule has 0 saturated heterocycles. The Kier molecular flexibility index (Phi) is 5.90. The molecule has 142 valence electrons. The summed E-state index contributed by atoms with van der Waals surface area (Å²) in [5, 5.41) is 6.24. The van der Waals surface area contributed by atoms with Gasteiger partial charge in [-0.1, -0.05) is 6.07 Å². The van der Waals surface area contributed by atoms with Crippen LogP contribution >= 0.6 is 11.3 Å². The molecule has 0 saturated carbocycles. The van der Waals surface area contributed by atoms with Crippen LogP contribution < -0.4 is 10.3 Å². The van der Waals surface area contributed by atoms with Crippen molar-refractivity contribution in [3.05, 3.63) is 70.5 Å². The topological polar surface area (TPSA) is 87.5 Å². The zero-order chi connectivity index (χ0) is 20.1. The van der Waals surface area contributed by atoms with Crippen LogP contribution in [0.2, 0.25) is 0 Å². The summed E-state index contributed by atoms with van der Waals surface area (Å²) in [4.78, 5) is 34.0. The van der Waals surface area contributed by atoms with E-state index in [4.69, 9.17) is 0 Å². The van der Waals surface area contributed by atoms with Crippen LogP contribution in [0.5, 0.6) is 0 Å². The SMILES string of the molecule is CC(=O)N(c1ccc(C)c(C)c1)c1nc(/C=N\NC(=O)c2ccncc2)cs1. The number of anilines is 2. The number of nitrogens with zero attached hydrogens (tertiary/aromatic N) is 4. The van der Waals surface area contributed by atoms with Gasteiger partial charge < -0.3 is 0 Å². The van der Waals surface area contributed by atoms with Crippen LogP contribution in [0.1, 0.15) is 34.1 Å². The van der Waals surface area contributed by atoms with Gasteiger partial charge in [0, 0.05) is 30.3 Å². The van der Waals surface area contributed by atoms with Gasteiger partial charge in [0.15, 0.2) is 5.13 Å². The van der Waals surface area contributed by atoms with Crippen LogP contribution in [0.15, 0.2) is 53.2 Å². The molecule has 8 heteroatoms. The molecule has 1 aromatic carbocycles. The Labute approximate surface area is 166 Å². The molecule has 3 aromatic rings. The average molecular weight is 393 g/mol. The highest BCUT2D eigenvalue weighted by Gasteiger charge is 2.18. The number of amides is 2. The lowest BCUT2D eigenvalue weighted by atomic mass is 10.1. The Morgan fingerprint density at radius 3 is 2.57 bits per heavy atom. The van der Waals surface area contributed by atoms with Crippen molar-refractivity contribution in [3.8, 4) is 0 Å². The summed E-state index contributed by atoms with van der Waals surface area (Å²) in [5.41, 5.74) is 6.47. The molecule has 1 N–H and O–H groups in total. The molecule has 0 spiro atoms. The lowest BCUT2D eigenvalue weighted by Gasteiger charge is -2.19. The lowest BCUT2D eigenvalue weighted by molar-refractivity contribution is -0.115. The maximum atomic E-state index is 12.2. The van der Waals surface area contributed by atoms with Gasteiger partial charge in [-0.05, 0) is 49.2 Å². The molecule has 2 amide bonds. The molecule has 28 heavy (non-hydrogen) atoms. The first-order valence-corrected chi connectivity index (χ1v) is 9.40. The van der Waals surface area contributed by atoms with E-state index in [-0.39, 0.29) is 11.8 Å². The molecule has 2 aromatic heterocycles. The number of aromatic nitrogens is 2. The predicted octanol–water partition coefficient (Wildman–Crippen LogP) is 3.60. The van der Waals surface area contributed by atoms with Crippen molar-refractivity contribution in [2.24, 2.45) is 5.10 Å². The van der Waals surface area contributed by atoms with E-state index in [1.165, 1.54) is 36.9 Å². The van der Waals surface area contributed by atoms with E-state index in [2.05, 4.69) is 20.5 Å². The molecular formula is C20H19N5O2S. The third-order valence-corrected chi connectivity index (χ3v) is 4.91. The van der Waals surface area contributed by atoms with Crippen molar-refractivity contribution in [1.29, 1.82) is 0 Å². The fourth-order valence-corrected chi connectivity index (χ4v) is 3.29. The average Bonchev–Trinajstić information content (AvgIpc) is 3.13. The van der Waals surface area contributed by atoms with Gasteiger partial charge in [-0.25, -0.2) is 10.4 Å². The number of hydrogen-bond donors (Lipinski definition) is 1. The van der Waals surface area contributed by atoms with E-state index in [9.17, 15) is 9.59 Å². The van der Waals surface area contributed by atoms with Crippen LogP contribution in [-0.4, -0.2) is 28.0 Å². The maximum Gasteiger partial charge on any atom is 0.271 e. The molecule has 0 bridgehead atoms. The highest BCUT2D eigenvalue weighted by molar-refractivity contribution is 7.14. The van der Waals surface area contributed by atoms with Gasteiger partial charge in [-0.2, -0.15) is 5.10 Å². The minimum atomic E-state index is -0.338. The quantitative estimate of drug-likeness (QED) is 0.530. The zero-order valence-corrected chi connectivity index (χ0v) is 16.5. The number of hydrazone groups is 1. The monoisotopic (exact) mass is 393 g/mol. The smallest absolute Gasteiger partial charge is 0.271 e. The van der Waals surface area contributed by atoms with E-state index in [0.717, 1.165) is 16.8 Å². The summed E-state index contributed by atoms with van der Waals surface area (Å²) >= 11 is 1.33. The molecule has 0 atom stereocenters. The van der Waals surface area contributed by atoms with Crippen LogP contribution in [0, 0.1) is 13.8 Å². The standard InChI is InChI=1S/C20H19N5O2S/c1-13-4-5-18(10-14(13)2)25(15(3)26)20-23-17(12-28-20)11-22-24-19(27)16-6-8-21-9-7-16/h4-12H,1-3H3,(H,24,27)/b22-11-. The predicted molar refractivity (Wildman–Crippen MR) is 110 cm³/mol. The molecule has 0 unspecified atom stereocenters. The fraction of sp³-hybridized carbons (Fsp3) is 0.150. The summed E-state index contributed by atoms with van der Waals surface area (Å²) in [6, 6.07) is 9.03. The van der Waals surface area contributed by atoms with Crippen LogP contribution in [-0.2, 0) is 4.79 Å². The second-order valence-corrected chi connectivity index (χ2v) is 6.95. The van der Waals surface area contributed by atoms with Crippen molar-refractivity contribution in [1.82, 2.24) is 15.4 Å². The molecule has 2 heterocycles. The summed E-state index contributed by atoms with van der Waals surface area (Å²) < 4.78 is 0. The van der Waals surface area contributed by atoms with E-state index in [0.29, 0.717) is 16.4 Å². The third kappa shape index (κ3) is 4.47. The van der Waals surface area contributed by atoms with Crippen molar-refractivity contribution in [3.63, 3.8) is 0 Å². The number of carbonyl (C=O) groups excluding carboxylic acids is 2. The van der Waals surface area contributed by atoms with Crippen molar-refractivity contribution in [2.45, 2.75) is 20.8 Å². The van der Waals surface area contributed by atoms with Crippen LogP contribution in [0.3, 0.4) is 0 Å². The largest absolute Gasteiger partial charge is 0.274 e. The zero-order valence-electron chi connectivity index (χ0n) is 15.7. The molecule has 0 aliphatic heterocycles. The number of pyridine rings is 1. The Morgan fingerprint density at radius 1 is 1.14 bits per heavy atom. The highest BCUT2D eigenvalue weighted by atomic mass is 32.1. The van der Waals surface area contributed by atoms with Gasteiger partial charge in [0.1, 0.15) is 0 Å². The van der Waals surface area contributed by atoms with E-state index in [1.54, 1.807) is 22.4 Å². The summed E-state index contributed by atoms with van der Waals surface area (Å²) in [7, 11) is 0. The molecule has 0 aliphatic rings. The van der Waals surface area contributed by atoms with Gasteiger partial charge in [0.2, 0.25) is 5.91 Å². The number of rotatable bonds is 5. The van der Waals surface area contributed by atoms with E-state index < -0.39 is 0 Å². The van der Waals surface area contributed by atoms with Crippen molar-refractivity contribution < 1.29 is 9.59 Å². The van der Waals surface area contributed by atoms with Crippen molar-refractivity contribution in [2.75, 3.05) is 4.90 Å². The number of thiazole rings is 1. The van der Waals surface area contributed by atoms with Gasteiger partial charge in [0.05, 0.1) is 17.6 Å². The van der Waals surface area contributed by atoms with Gasteiger partial charge in [-0.15, -0.1) is 11.3 Å². The summed E-state index contributed by atoms with van der Waals surface area (Å²) in [6.07, 6.45) is 4.51. The minimum absolute atomic E-state index is 0.132. The number of hydrogen-bond acceptors (Lipinski definition) is 6. The molecule has 7 nitrogen and oxygen atoms in total. The fourth-order valence-electron chi connectivity index (χ4n) is 2.45. The first-order chi connectivity index (χ1) is 13.5. The second kappa shape index (κ2) is 8.53. The molecule has 0 fully saturated rings. The van der Waals surface area contributed by atoms with Gasteiger partial charge in [-0.3, -0.25) is 19.5 Å². The first kappa shape index (κ1) is 19.4. The molecule has 0 aliphatic carbocycles. The lowest BCUT2D eigenvalue weighted by Crippen LogP contribution is -2.22. The Balaban J connectivity index is 1.75. The summed E-state index contributed by atoms with van der Waals surface area (Å²) in [6.45, 7) is 5.53. The Hall–Kier alpha value is -3.39. The molecule has 0 radical (unpaired) electrons. The Morgan fingerprint density at radius 2 is 1.89 bits per heavy atom. The van der Waals surface area contributed by atoms with E-state index in [1.807, 2.05) is 32.0 Å². The second-order valence-electron chi connectivity index (χ2n) is 6.11. The molecular weight excluding hydrogens is 374 g/mol. The normalized spacial score (nSPS) is 10.8. The van der Waals surface area contributed by atoms with Crippen molar-refractivity contribution >= 4 is 40.2 Å². The maximum absolute atomic E-state index is 12.2. The summed E-state index contributed by atoms with van der Waals surface area (Å²) in [5.74, 6) is -0.471. The number of aryl methyl sites for hydroxylation is 2. The Bertz CT molecular complexity index is 1030. The number of benzene rings is 1. The minimum Gasteiger partial charge on any atom is -0.274 e. The number of carbonyl (C=O) groups is 2.